The van der Waals surface area contributed by atoms with Gasteiger partial charge in [0.1, 0.15) is 0 Å². The monoisotopic (exact) mass is 328 g/mol. The third-order valence-electron chi connectivity index (χ3n) is 3.62. The van der Waals surface area contributed by atoms with Crippen molar-refractivity contribution in [2.75, 3.05) is 0 Å². The molecule has 0 radical (unpaired) electrons. The van der Waals surface area contributed by atoms with Gasteiger partial charge in [-0.05, 0) is 30.9 Å². The number of hydrogen-bond acceptors (Lipinski definition) is 3. The summed E-state index contributed by atoms with van der Waals surface area (Å²) in [4.78, 5) is 35.8. The Bertz CT molecular complexity index is 845. The van der Waals surface area contributed by atoms with E-state index in [4.69, 9.17) is 5.11 Å². The summed E-state index contributed by atoms with van der Waals surface area (Å²) in [6.07, 6.45) is 6.74. The van der Waals surface area contributed by atoms with Crippen LogP contribution in [0.15, 0.2) is 52.2 Å². The Morgan fingerprint density at radius 1 is 1.17 bits per heavy atom. The first-order chi connectivity index (χ1) is 11.5. The molecule has 0 atom stereocenters. The van der Waals surface area contributed by atoms with Crippen LogP contribution in [0.1, 0.15) is 29.5 Å². The van der Waals surface area contributed by atoms with Crippen LogP contribution in [0.2, 0.25) is 0 Å². The zero-order chi connectivity index (χ0) is 17.5. The second-order valence-corrected chi connectivity index (χ2v) is 5.62. The van der Waals surface area contributed by atoms with Gasteiger partial charge in [-0.1, -0.05) is 36.4 Å². The van der Waals surface area contributed by atoms with Gasteiger partial charge in [0.2, 0.25) is 0 Å². The third-order valence-corrected chi connectivity index (χ3v) is 3.62. The minimum Gasteiger partial charge on any atom is -0.481 e. The number of aliphatic carboxylic acids is 1. The molecule has 0 bridgehead atoms. The van der Waals surface area contributed by atoms with Crippen molar-refractivity contribution in [3.63, 3.8) is 0 Å². The Morgan fingerprint density at radius 3 is 2.50 bits per heavy atom. The van der Waals surface area contributed by atoms with Crippen molar-refractivity contribution < 1.29 is 9.90 Å². The quantitative estimate of drug-likeness (QED) is 0.759. The number of carbonyl (C=O) groups is 1. The second kappa shape index (κ2) is 8.10. The molecule has 1 aromatic heterocycles. The number of allylic oxidation sites excluding steroid dienone is 1. The molecular weight excluding hydrogens is 308 g/mol. The van der Waals surface area contributed by atoms with Crippen LogP contribution in [-0.2, 0) is 17.8 Å². The average Bonchev–Trinajstić information content (AvgIpc) is 2.53. The van der Waals surface area contributed by atoms with Gasteiger partial charge < -0.3 is 5.11 Å². The minimum absolute atomic E-state index is 0.0479. The summed E-state index contributed by atoms with van der Waals surface area (Å²) in [7, 11) is 0. The maximum atomic E-state index is 11.8. The lowest BCUT2D eigenvalue weighted by atomic mass is 10.1. The predicted octanol–water partition coefficient (Wildman–Crippen LogP) is 1.86. The van der Waals surface area contributed by atoms with E-state index >= 15 is 0 Å². The maximum Gasteiger partial charge on any atom is 0.328 e. The zero-order valence-corrected chi connectivity index (χ0v) is 13.5. The van der Waals surface area contributed by atoms with Crippen molar-refractivity contribution in [1.29, 1.82) is 0 Å². The molecule has 1 aromatic carbocycles. The van der Waals surface area contributed by atoms with Crippen molar-refractivity contribution >= 4 is 5.97 Å². The highest BCUT2D eigenvalue weighted by molar-refractivity contribution is 5.68. The molecule has 0 saturated heterocycles. The number of nitrogens with one attached hydrogen (secondary N) is 1. The molecule has 2 N–H and O–H groups in total. The van der Waals surface area contributed by atoms with E-state index in [2.05, 4.69) is 4.98 Å². The van der Waals surface area contributed by atoms with Gasteiger partial charge in [-0.25, -0.2) is 4.79 Å². The third kappa shape index (κ3) is 5.08. The highest BCUT2D eigenvalue weighted by atomic mass is 16.4. The number of benzene rings is 1. The van der Waals surface area contributed by atoms with Crippen molar-refractivity contribution in [3.05, 3.63) is 80.1 Å². The van der Waals surface area contributed by atoms with Crippen LogP contribution in [0.3, 0.4) is 0 Å². The fourth-order valence-electron chi connectivity index (χ4n) is 2.30. The van der Waals surface area contributed by atoms with Crippen LogP contribution in [-0.4, -0.2) is 20.6 Å². The molecule has 0 aliphatic carbocycles. The van der Waals surface area contributed by atoms with E-state index in [1.165, 1.54) is 4.57 Å². The Labute approximate surface area is 139 Å². The molecule has 0 amide bonds. The topological polar surface area (TPSA) is 92.2 Å². The first kappa shape index (κ1) is 17.5. The normalized spacial score (nSPS) is 11.0. The van der Waals surface area contributed by atoms with E-state index in [0.717, 1.165) is 24.0 Å². The lowest BCUT2D eigenvalue weighted by Crippen LogP contribution is -2.31. The van der Waals surface area contributed by atoms with Gasteiger partial charge in [0.15, 0.2) is 0 Å². The standard InChI is InChI=1S/C18H20N2O4/c1-13-11-20(18(24)19-17(13)23)12-15-9-7-14(8-10-15)5-3-2-4-6-16(21)22/h2,4,7-11H,3,5-6,12H2,1H3,(H,21,22)(H,19,23,24)/b4-2+. The molecule has 2 rings (SSSR count). The van der Waals surface area contributed by atoms with Gasteiger partial charge in [0.25, 0.3) is 5.56 Å². The molecule has 1 heterocycles. The first-order valence-electron chi connectivity index (χ1n) is 7.70. The zero-order valence-electron chi connectivity index (χ0n) is 13.5. The smallest absolute Gasteiger partial charge is 0.328 e. The van der Waals surface area contributed by atoms with Crippen LogP contribution < -0.4 is 11.2 Å². The van der Waals surface area contributed by atoms with Crippen LogP contribution in [0, 0.1) is 6.92 Å². The SMILES string of the molecule is Cc1cn(Cc2ccc(CC/C=C/CC(=O)O)cc2)c(=O)[nH]c1=O. The number of nitrogens with zero attached hydrogens (tertiary/aromatic N) is 1. The highest BCUT2D eigenvalue weighted by Gasteiger charge is 2.02. The number of H-pyrrole nitrogens is 1. The van der Waals surface area contributed by atoms with Crippen LogP contribution >= 0.6 is 0 Å². The average molecular weight is 328 g/mol. The number of aromatic nitrogens is 2. The molecule has 6 heteroatoms. The number of hydrogen-bond donors (Lipinski definition) is 2. The first-order valence-corrected chi connectivity index (χ1v) is 7.70. The summed E-state index contributed by atoms with van der Waals surface area (Å²) >= 11 is 0. The second-order valence-electron chi connectivity index (χ2n) is 5.62. The van der Waals surface area contributed by atoms with E-state index < -0.39 is 11.7 Å². The molecular formula is C18H20N2O4. The Balaban J connectivity index is 1.96. The number of rotatable bonds is 7. The van der Waals surface area contributed by atoms with Gasteiger partial charge in [-0.15, -0.1) is 0 Å². The van der Waals surface area contributed by atoms with Gasteiger partial charge in [-0.3, -0.25) is 19.1 Å². The summed E-state index contributed by atoms with van der Waals surface area (Å²) < 4.78 is 1.47. The summed E-state index contributed by atoms with van der Waals surface area (Å²) in [6, 6.07) is 7.88. The number of carboxylic acid groups (broad SMARTS) is 1. The molecule has 24 heavy (non-hydrogen) atoms. The van der Waals surface area contributed by atoms with Crippen LogP contribution in [0.25, 0.3) is 0 Å². The van der Waals surface area contributed by atoms with Crippen molar-refractivity contribution in [1.82, 2.24) is 9.55 Å². The largest absolute Gasteiger partial charge is 0.481 e. The molecule has 2 aromatic rings. The molecule has 0 saturated carbocycles. The minimum atomic E-state index is -0.830. The molecule has 0 spiro atoms. The van der Waals surface area contributed by atoms with E-state index in [-0.39, 0.29) is 12.0 Å². The van der Waals surface area contributed by atoms with Crippen molar-refractivity contribution in [2.45, 2.75) is 32.7 Å². The molecule has 126 valence electrons. The van der Waals surface area contributed by atoms with Crippen molar-refractivity contribution in [2.24, 2.45) is 0 Å². The maximum absolute atomic E-state index is 11.8. The van der Waals surface area contributed by atoms with E-state index in [1.807, 2.05) is 30.3 Å². The summed E-state index contributed by atoms with van der Waals surface area (Å²) in [5.41, 5.74) is 1.83. The van der Waals surface area contributed by atoms with Gasteiger partial charge >= 0.3 is 11.7 Å². The summed E-state index contributed by atoms with van der Waals surface area (Å²) in [5, 5.41) is 8.54. The number of carboxylic acids is 1. The molecule has 0 unspecified atom stereocenters. The fourth-order valence-corrected chi connectivity index (χ4v) is 2.30. The Morgan fingerprint density at radius 2 is 1.83 bits per heavy atom. The molecule has 6 nitrogen and oxygen atoms in total. The van der Waals surface area contributed by atoms with Gasteiger partial charge in [0, 0.05) is 11.8 Å². The summed E-state index contributed by atoms with van der Waals surface area (Å²) in [5.74, 6) is -0.830. The Hall–Kier alpha value is -2.89. The Kier molecular flexibility index (Phi) is 5.89. The molecule has 0 fully saturated rings. The fraction of sp³-hybridized carbons (Fsp3) is 0.278. The van der Waals surface area contributed by atoms with Crippen LogP contribution in [0.4, 0.5) is 0 Å². The van der Waals surface area contributed by atoms with Gasteiger partial charge in [0.05, 0.1) is 13.0 Å². The lowest BCUT2D eigenvalue weighted by molar-refractivity contribution is -0.136. The summed E-state index contributed by atoms with van der Waals surface area (Å²) in [6.45, 7) is 2.06. The lowest BCUT2D eigenvalue weighted by Gasteiger charge is -2.07. The van der Waals surface area contributed by atoms with E-state index in [9.17, 15) is 14.4 Å². The molecule has 0 aliphatic rings. The highest BCUT2D eigenvalue weighted by Crippen LogP contribution is 2.08. The van der Waals surface area contributed by atoms with Crippen LogP contribution in [0.5, 0.6) is 0 Å². The van der Waals surface area contributed by atoms with Gasteiger partial charge in [-0.2, -0.15) is 0 Å². The number of aromatic amines is 1. The molecule has 0 aliphatic heterocycles. The predicted molar refractivity (Wildman–Crippen MR) is 91.3 cm³/mol. The van der Waals surface area contributed by atoms with E-state index in [0.29, 0.717) is 12.1 Å². The van der Waals surface area contributed by atoms with Crippen molar-refractivity contribution in [3.8, 4) is 0 Å². The van der Waals surface area contributed by atoms with E-state index in [1.54, 1.807) is 19.2 Å². The number of aryl methyl sites for hydroxylation is 2.